The Balaban J connectivity index is 1.70. The smallest absolute Gasteiger partial charge is 0.209 e. The topological polar surface area (TPSA) is 41.3 Å². The predicted octanol–water partition coefficient (Wildman–Crippen LogP) is 2.40. The summed E-state index contributed by atoms with van der Waals surface area (Å²) < 4.78 is 5.80. The molecule has 0 aliphatic carbocycles. The number of rotatable bonds is 3. The highest BCUT2D eigenvalue weighted by molar-refractivity contribution is 6.30. The van der Waals surface area contributed by atoms with E-state index in [1.165, 1.54) is 0 Å². The standard InChI is InChI=1S/C14H16ClN3O/c15-12-3-1-11(2-4-12)13-9-17-14(19-13)10-18-7-5-16-6-8-18/h1-4,9,16H,5-8,10H2. The highest BCUT2D eigenvalue weighted by Crippen LogP contribution is 2.22. The van der Waals surface area contributed by atoms with Gasteiger partial charge in [-0.25, -0.2) is 4.98 Å². The maximum absolute atomic E-state index is 5.87. The zero-order valence-corrected chi connectivity index (χ0v) is 11.4. The van der Waals surface area contributed by atoms with Crippen molar-refractivity contribution in [2.75, 3.05) is 26.2 Å². The predicted molar refractivity (Wildman–Crippen MR) is 75.1 cm³/mol. The molecule has 1 N–H and O–H groups in total. The number of oxazole rings is 1. The van der Waals surface area contributed by atoms with E-state index >= 15 is 0 Å². The van der Waals surface area contributed by atoms with Gasteiger partial charge in [0.2, 0.25) is 5.89 Å². The maximum atomic E-state index is 5.87. The molecule has 1 aliphatic rings. The second kappa shape index (κ2) is 5.74. The first-order valence-electron chi connectivity index (χ1n) is 6.45. The van der Waals surface area contributed by atoms with Crippen LogP contribution in [-0.4, -0.2) is 36.1 Å². The molecule has 5 heteroatoms. The third kappa shape index (κ3) is 3.15. The normalized spacial score (nSPS) is 16.7. The highest BCUT2D eigenvalue weighted by Gasteiger charge is 2.13. The Hall–Kier alpha value is -1.36. The maximum Gasteiger partial charge on any atom is 0.209 e. The molecule has 1 aromatic heterocycles. The molecule has 0 bridgehead atoms. The van der Waals surface area contributed by atoms with E-state index in [9.17, 15) is 0 Å². The minimum atomic E-state index is 0.726. The number of halogens is 1. The Labute approximate surface area is 117 Å². The second-order valence-corrected chi connectivity index (χ2v) is 5.09. The molecule has 1 fully saturated rings. The van der Waals surface area contributed by atoms with Gasteiger partial charge in [0.15, 0.2) is 5.76 Å². The lowest BCUT2D eigenvalue weighted by atomic mass is 10.2. The van der Waals surface area contributed by atoms with Crippen molar-refractivity contribution in [3.05, 3.63) is 41.4 Å². The summed E-state index contributed by atoms with van der Waals surface area (Å²) in [7, 11) is 0. The first-order chi connectivity index (χ1) is 9.31. The Morgan fingerprint density at radius 1 is 1.21 bits per heavy atom. The largest absolute Gasteiger partial charge is 0.439 e. The Morgan fingerprint density at radius 2 is 1.95 bits per heavy atom. The van der Waals surface area contributed by atoms with Crippen LogP contribution >= 0.6 is 11.6 Å². The Kier molecular flexibility index (Phi) is 3.82. The van der Waals surface area contributed by atoms with Crippen LogP contribution in [0.2, 0.25) is 5.02 Å². The molecule has 3 rings (SSSR count). The molecule has 0 amide bonds. The average Bonchev–Trinajstić information content (AvgIpc) is 2.89. The quantitative estimate of drug-likeness (QED) is 0.935. The molecule has 0 atom stereocenters. The van der Waals surface area contributed by atoms with Gasteiger partial charge in [0.05, 0.1) is 12.7 Å². The van der Waals surface area contributed by atoms with Gasteiger partial charge in [-0.05, 0) is 24.3 Å². The lowest BCUT2D eigenvalue weighted by molar-refractivity contribution is 0.213. The molecule has 1 aromatic carbocycles. The van der Waals surface area contributed by atoms with Crippen LogP contribution in [0.1, 0.15) is 5.89 Å². The van der Waals surface area contributed by atoms with Crippen molar-refractivity contribution < 1.29 is 4.42 Å². The lowest BCUT2D eigenvalue weighted by Gasteiger charge is -2.25. The van der Waals surface area contributed by atoms with E-state index in [-0.39, 0.29) is 0 Å². The average molecular weight is 278 g/mol. The number of piperazine rings is 1. The fourth-order valence-corrected chi connectivity index (χ4v) is 2.32. The molecule has 0 unspecified atom stereocenters. The number of benzene rings is 1. The van der Waals surface area contributed by atoms with E-state index in [4.69, 9.17) is 16.0 Å². The fraction of sp³-hybridized carbons (Fsp3) is 0.357. The van der Waals surface area contributed by atoms with Gasteiger partial charge in [0.25, 0.3) is 0 Å². The van der Waals surface area contributed by atoms with Crippen molar-refractivity contribution in [3.8, 4) is 11.3 Å². The van der Waals surface area contributed by atoms with Gasteiger partial charge in [0, 0.05) is 36.8 Å². The van der Waals surface area contributed by atoms with Crippen LogP contribution in [0.4, 0.5) is 0 Å². The van der Waals surface area contributed by atoms with Gasteiger partial charge in [-0.1, -0.05) is 11.6 Å². The summed E-state index contributed by atoms with van der Waals surface area (Å²) in [5.74, 6) is 1.56. The van der Waals surface area contributed by atoms with E-state index in [0.29, 0.717) is 0 Å². The van der Waals surface area contributed by atoms with E-state index in [2.05, 4.69) is 15.2 Å². The van der Waals surface area contributed by atoms with Crippen molar-refractivity contribution in [3.63, 3.8) is 0 Å². The summed E-state index contributed by atoms with van der Waals surface area (Å²) in [5.41, 5.74) is 1.00. The molecule has 0 saturated carbocycles. The number of aromatic nitrogens is 1. The van der Waals surface area contributed by atoms with Crippen molar-refractivity contribution in [1.82, 2.24) is 15.2 Å². The van der Waals surface area contributed by atoms with E-state index < -0.39 is 0 Å². The zero-order chi connectivity index (χ0) is 13.1. The third-order valence-electron chi connectivity index (χ3n) is 3.25. The van der Waals surface area contributed by atoms with Crippen LogP contribution in [0.5, 0.6) is 0 Å². The molecule has 1 saturated heterocycles. The summed E-state index contributed by atoms with van der Waals surface area (Å²) in [6.07, 6.45) is 1.78. The molecule has 2 heterocycles. The summed E-state index contributed by atoms with van der Waals surface area (Å²) in [4.78, 5) is 6.69. The van der Waals surface area contributed by atoms with Crippen molar-refractivity contribution in [2.24, 2.45) is 0 Å². The Bertz CT molecular complexity index is 532. The highest BCUT2D eigenvalue weighted by atomic mass is 35.5. The number of nitrogens with one attached hydrogen (secondary N) is 1. The van der Waals surface area contributed by atoms with Crippen molar-refractivity contribution in [1.29, 1.82) is 0 Å². The first-order valence-corrected chi connectivity index (χ1v) is 6.83. The Morgan fingerprint density at radius 3 is 2.68 bits per heavy atom. The molecule has 19 heavy (non-hydrogen) atoms. The molecule has 1 aliphatic heterocycles. The van der Waals surface area contributed by atoms with Crippen molar-refractivity contribution >= 4 is 11.6 Å². The molecular weight excluding hydrogens is 262 g/mol. The molecule has 0 spiro atoms. The molecule has 100 valence electrons. The van der Waals surface area contributed by atoms with Gasteiger partial charge < -0.3 is 9.73 Å². The minimum Gasteiger partial charge on any atom is -0.439 e. The van der Waals surface area contributed by atoms with E-state index in [0.717, 1.165) is 55.0 Å². The number of hydrogen-bond donors (Lipinski definition) is 1. The molecule has 0 radical (unpaired) electrons. The molecule has 4 nitrogen and oxygen atoms in total. The van der Waals surface area contributed by atoms with Crippen LogP contribution < -0.4 is 5.32 Å². The van der Waals surface area contributed by atoms with E-state index in [1.54, 1.807) is 6.20 Å². The first kappa shape index (κ1) is 12.7. The van der Waals surface area contributed by atoms with Crippen LogP contribution in [0.3, 0.4) is 0 Å². The van der Waals surface area contributed by atoms with Gasteiger partial charge in [-0.15, -0.1) is 0 Å². The van der Waals surface area contributed by atoms with Crippen LogP contribution in [0.15, 0.2) is 34.9 Å². The molecule has 2 aromatic rings. The van der Waals surface area contributed by atoms with Gasteiger partial charge in [-0.3, -0.25) is 4.90 Å². The zero-order valence-electron chi connectivity index (χ0n) is 10.6. The lowest BCUT2D eigenvalue weighted by Crippen LogP contribution is -2.42. The monoisotopic (exact) mass is 277 g/mol. The number of hydrogen-bond acceptors (Lipinski definition) is 4. The third-order valence-corrected chi connectivity index (χ3v) is 3.50. The van der Waals surface area contributed by atoms with Gasteiger partial charge in [0.1, 0.15) is 0 Å². The summed E-state index contributed by atoms with van der Waals surface area (Å²) in [6.45, 7) is 4.92. The van der Waals surface area contributed by atoms with E-state index in [1.807, 2.05) is 24.3 Å². The summed E-state index contributed by atoms with van der Waals surface area (Å²) in [6, 6.07) is 7.60. The van der Waals surface area contributed by atoms with Crippen LogP contribution in [-0.2, 0) is 6.54 Å². The summed E-state index contributed by atoms with van der Waals surface area (Å²) >= 11 is 5.87. The van der Waals surface area contributed by atoms with Crippen LogP contribution in [0.25, 0.3) is 11.3 Å². The van der Waals surface area contributed by atoms with Crippen LogP contribution in [0, 0.1) is 0 Å². The SMILES string of the molecule is Clc1ccc(-c2cnc(CN3CCNCC3)o2)cc1. The van der Waals surface area contributed by atoms with Crippen molar-refractivity contribution in [2.45, 2.75) is 6.54 Å². The number of nitrogens with zero attached hydrogens (tertiary/aromatic N) is 2. The fourth-order valence-electron chi connectivity index (χ4n) is 2.19. The van der Waals surface area contributed by atoms with Gasteiger partial charge in [-0.2, -0.15) is 0 Å². The molecular formula is C14H16ClN3O. The minimum absolute atomic E-state index is 0.726. The second-order valence-electron chi connectivity index (χ2n) is 4.65. The van der Waals surface area contributed by atoms with Gasteiger partial charge >= 0.3 is 0 Å². The summed E-state index contributed by atoms with van der Waals surface area (Å²) in [5, 5.41) is 4.06.